The number of phenols is 1. The molecule has 0 atom stereocenters. The van der Waals surface area contributed by atoms with E-state index in [0.29, 0.717) is 28.4 Å². The molecule has 3 aromatic carbocycles. The maximum absolute atomic E-state index is 13.9. The van der Waals surface area contributed by atoms with Crippen LogP contribution < -0.4 is 15.7 Å². The second-order valence-corrected chi connectivity index (χ2v) is 11.7. The number of hydrazone groups is 1. The first-order valence-corrected chi connectivity index (χ1v) is 15.3. The zero-order valence-electron chi connectivity index (χ0n) is 22.4. The number of hydrogen-bond acceptors (Lipinski definition) is 8. The smallest absolute Gasteiger partial charge is 0.267 e. The molecule has 2 aromatic heterocycles. The average Bonchev–Trinajstić information content (AvgIpc) is 3.37. The van der Waals surface area contributed by atoms with Crippen molar-refractivity contribution >= 4 is 56.2 Å². The van der Waals surface area contributed by atoms with Gasteiger partial charge in [0, 0.05) is 10.4 Å². The summed E-state index contributed by atoms with van der Waals surface area (Å²) in [6, 6.07) is 18.4. The van der Waals surface area contributed by atoms with E-state index in [-0.39, 0.29) is 23.0 Å². The minimum absolute atomic E-state index is 0.00107. The number of phenolic OH excluding ortho intramolecular Hbond substituents is 1. The molecule has 0 saturated heterocycles. The highest BCUT2D eigenvalue weighted by Gasteiger charge is 2.23. The molecule has 0 fully saturated rings. The van der Waals surface area contributed by atoms with E-state index in [9.17, 15) is 14.7 Å². The van der Waals surface area contributed by atoms with Crippen LogP contribution in [0.5, 0.6) is 11.5 Å². The van der Waals surface area contributed by atoms with Gasteiger partial charge in [-0.25, -0.2) is 10.4 Å². The van der Waals surface area contributed by atoms with E-state index in [1.807, 2.05) is 61.5 Å². The van der Waals surface area contributed by atoms with Crippen LogP contribution in [0.1, 0.15) is 35.8 Å². The zero-order chi connectivity index (χ0) is 28.3. The number of carbonyl (C=O) groups is 1. The number of hydrogen-bond donors (Lipinski definition) is 2. The first kappa shape index (κ1) is 27.0. The van der Waals surface area contributed by atoms with Gasteiger partial charge in [0.25, 0.3) is 11.5 Å². The first-order valence-electron chi connectivity index (χ1n) is 13.5. The topological polar surface area (TPSA) is 106 Å². The van der Waals surface area contributed by atoms with Gasteiger partial charge in [0.2, 0.25) is 0 Å². The number of aryl methyl sites for hydroxylation is 2. The van der Waals surface area contributed by atoms with Gasteiger partial charge in [0.05, 0.1) is 29.6 Å². The summed E-state index contributed by atoms with van der Waals surface area (Å²) in [6.45, 7) is 2.47. The van der Waals surface area contributed by atoms with Crippen LogP contribution in [0.3, 0.4) is 0 Å². The largest absolute Gasteiger partial charge is 0.507 e. The molecule has 0 radical (unpaired) electrons. The van der Waals surface area contributed by atoms with Gasteiger partial charge in [-0.1, -0.05) is 42.1 Å². The van der Waals surface area contributed by atoms with Crippen LogP contribution in [0.25, 0.3) is 26.7 Å². The third-order valence-electron chi connectivity index (χ3n) is 7.03. The number of rotatable bonds is 8. The van der Waals surface area contributed by atoms with Gasteiger partial charge in [-0.2, -0.15) is 5.10 Å². The Hall–Kier alpha value is -4.15. The maximum atomic E-state index is 13.9. The van der Waals surface area contributed by atoms with E-state index < -0.39 is 0 Å². The van der Waals surface area contributed by atoms with Crippen LogP contribution in [-0.2, 0) is 17.6 Å². The van der Waals surface area contributed by atoms with E-state index in [4.69, 9.17) is 9.72 Å². The average molecular weight is 585 g/mol. The van der Waals surface area contributed by atoms with E-state index >= 15 is 0 Å². The highest BCUT2D eigenvalue weighted by Crippen LogP contribution is 2.35. The molecule has 41 heavy (non-hydrogen) atoms. The Morgan fingerprint density at radius 1 is 1.15 bits per heavy atom. The molecule has 208 valence electrons. The van der Waals surface area contributed by atoms with E-state index in [1.54, 1.807) is 22.0 Å². The molecule has 0 unspecified atom stereocenters. The van der Waals surface area contributed by atoms with Crippen molar-refractivity contribution in [1.82, 2.24) is 15.0 Å². The molecular formula is C31H28N4O4S2. The molecule has 8 nitrogen and oxygen atoms in total. The Morgan fingerprint density at radius 3 is 2.78 bits per heavy atom. The second-order valence-electron chi connectivity index (χ2n) is 9.65. The Labute approximate surface area is 244 Å². The van der Waals surface area contributed by atoms with E-state index in [1.165, 1.54) is 22.9 Å². The summed E-state index contributed by atoms with van der Waals surface area (Å²) in [5, 5.41) is 17.3. The Kier molecular flexibility index (Phi) is 7.76. The SMILES string of the molecule is CCOc1ccc(-n2c(SCC(=O)N/N=C/c3c(O)ccc4ccccc34)nc3sc4c(c3c2=O)CCCC4)cc1. The van der Waals surface area contributed by atoms with Gasteiger partial charge in [-0.15, -0.1) is 11.3 Å². The van der Waals surface area contributed by atoms with Gasteiger partial charge >= 0.3 is 0 Å². The number of nitrogens with zero attached hydrogens (tertiary/aromatic N) is 3. The molecule has 5 aromatic rings. The standard InChI is InChI=1S/C31H28N4O4S2/c1-2-39-21-14-12-20(13-15-21)35-30(38)28-23-9-5-6-10-26(23)41-29(28)33-31(35)40-18-27(37)34-32-17-24-22-8-4-3-7-19(22)11-16-25(24)36/h3-4,7-8,11-17,36H,2,5-6,9-10,18H2,1H3,(H,34,37)/b32-17+. The van der Waals surface area contributed by atoms with Crippen LogP contribution in [-0.4, -0.2) is 39.1 Å². The summed E-state index contributed by atoms with van der Waals surface area (Å²) in [4.78, 5) is 33.6. The first-order chi connectivity index (χ1) is 20.0. The van der Waals surface area contributed by atoms with Crippen molar-refractivity contribution < 1.29 is 14.6 Å². The lowest BCUT2D eigenvalue weighted by Gasteiger charge is -2.14. The van der Waals surface area contributed by atoms with E-state index in [2.05, 4.69) is 10.5 Å². The summed E-state index contributed by atoms with van der Waals surface area (Å²) in [6.07, 6.45) is 5.47. The highest BCUT2D eigenvalue weighted by atomic mass is 32.2. The van der Waals surface area contributed by atoms with Crippen LogP contribution in [0, 0.1) is 0 Å². The Balaban J connectivity index is 1.27. The lowest BCUT2D eigenvalue weighted by Crippen LogP contribution is -2.24. The van der Waals surface area contributed by atoms with Crippen molar-refractivity contribution in [2.24, 2.45) is 5.10 Å². The highest BCUT2D eigenvalue weighted by molar-refractivity contribution is 7.99. The quantitative estimate of drug-likeness (QED) is 0.103. The summed E-state index contributed by atoms with van der Waals surface area (Å²) < 4.78 is 7.17. The molecule has 10 heteroatoms. The minimum atomic E-state index is -0.357. The Morgan fingerprint density at radius 2 is 1.95 bits per heavy atom. The number of aromatic nitrogens is 2. The molecule has 2 heterocycles. The van der Waals surface area contributed by atoms with Crippen LogP contribution in [0.2, 0.25) is 0 Å². The monoisotopic (exact) mass is 584 g/mol. The molecule has 2 N–H and O–H groups in total. The predicted molar refractivity (Wildman–Crippen MR) is 165 cm³/mol. The number of nitrogens with one attached hydrogen (secondary N) is 1. The van der Waals surface area contributed by atoms with Gasteiger partial charge in [0.1, 0.15) is 16.3 Å². The summed E-state index contributed by atoms with van der Waals surface area (Å²) >= 11 is 2.77. The van der Waals surface area contributed by atoms with Gasteiger partial charge in [-0.3, -0.25) is 14.2 Å². The van der Waals surface area contributed by atoms with Gasteiger partial charge < -0.3 is 9.84 Å². The number of amides is 1. The maximum Gasteiger partial charge on any atom is 0.267 e. The zero-order valence-corrected chi connectivity index (χ0v) is 24.1. The number of thioether (sulfide) groups is 1. The lowest BCUT2D eigenvalue weighted by atomic mass is 9.97. The fourth-order valence-electron chi connectivity index (χ4n) is 5.12. The minimum Gasteiger partial charge on any atom is -0.507 e. The molecule has 0 saturated carbocycles. The fraction of sp³-hybridized carbons (Fsp3) is 0.226. The molecule has 0 aliphatic heterocycles. The number of carbonyl (C=O) groups excluding carboxylic acids is 1. The number of fused-ring (bicyclic) bond motifs is 4. The normalized spacial score (nSPS) is 13.1. The fourth-order valence-corrected chi connectivity index (χ4v) is 7.23. The molecule has 1 amide bonds. The molecular weight excluding hydrogens is 556 g/mol. The summed E-state index contributed by atoms with van der Waals surface area (Å²) in [5.74, 6) is 0.435. The van der Waals surface area contributed by atoms with Crippen molar-refractivity contribution in [2.75, 3.05) is 12.4 Å². The Bertz CT molecular complexity index is 1840. The third kappa shape index (κ3) is 5.45. The molecule has 6 rings (SSSR count). The van der Waals surface area contributed by atoms with Crippen molar-refractivity contribution in [1.29, 1.82) is 0 Å². The van der Waals surface area contributed by atoms with Gasteiger partial charge in [-0.05, 0) is 79.3 Å². The van der Waals surface area contributed by atoms with Crippen LogP contribution in [0.4, 0.5) is 0 Å². The number of aromatic hydroxyl groups is 1. The lowest BCUT2D eigenvalue weighted by molar-refractivity contribution is -0.118. The predicted octanol–water partition coefficient (Wildman–Crippen LogP) is 5.83. The molecule has 0 bridgehead atoms. The number of ether oxygens (including phenoxy) is 1. The molecule has 1 aliphatic rings. The third-order valence-corrected chi connectivity index (χ3v) is 9.15. The van der Waals surface area contributed by atoms with Crippen molar-refractivity contribution in [3.8, 4) is 17.2 Å². The van der Waals surface area contributed by atoms with Gasteiger partial charge in [0.15, 0.2) is 5.16 Å². The van der Waals surface area contributed by atoms with Crippen molar-refractivity contribution in [2.45, 2.75) is 37.8 Å². The second kappa shape index (κ2) is 11.8. The molecule has 0 spiro atoms. The van der Waals surface area contributed by atoms with Crippen molar-refractivity contribution in [3.63, 3.8) is 0 Å². The summed E-state index contributed by atoms with van der Waals surface area (Å²) in [7, 11) is 0. The van der Waals surface area contributed by atoms with Crippen molar-refractivity contribution in [3.05, 3.63) is 87.0 Å². The van der Waals surface area contributed by atoms with Crippen LogP contribution in [0.15, 0.2) is 75.7 Å². The van der Waals surface area contributed by atoms with Crippen LogP contribution >= 0.6 is 23.1 Å². The number of thiophene rings is 1. The molecule has 1 aliphatic carbocycles. The van der Waals surface area contributed by atoms with E-state index in [0.717, 1.165) is 52.6 Å². The summed E-state index contributed by atoms with van der Waals surface area (Å²) in [5.41, 5.74) is 4.72. The number of benzene rings is 3.